The van der Waals surface area contributed by atoms with Gasteiger partial charge in [0.2, 0.25) is 11.9 Å². The fourth-order valence-electron chi connectivity index (χ4n) is 6.07. The second kappa shape index (κ2) is 8.75. The predicted molar refractivity (Wildman–Crippen MR) is 136 cm³/mol. The molecule has 5 heterocycles. The third-order valence-electron chi connectivity index (χ3n) is 8.08. The van der Waals surface area contributed by atoms with Gasteiger partial charge in [-0.15, -0.1) is 10.2 Å². The van der Waals surface area contributed by atoms with Crippen LogP contribution in [-0.2, 0) is 4.79 Å². The van der Waals surface area contributed by atoms with Gasteiger partial charge in [-0.2, -0.15) is 4.98 Å². The molecule has 184 valence electrons. The predicted octanol–water partition coefficient (Wildman–Crippen LogP) is 2.18. The summed E-state index contributed by atoms with van der Waals surface area (Å²) in [7, 11) is 4.29. The maximum absolute atomic E-state index is 12.7. The van der Waals surface area contributed by atoms with Crippen molar-refractivity contribution in [1.82, 2.24) is 30.4 Å². The van der Waals surface area contributed by atoms with Crippen molar-refractivity contribution < 1.29 is 4.79 Å². The molecule has 0 bridgehead atoms. The summed E-state index contributed by atoms with van der Waals surface area (Å²) < 4.78 is 0. The molecular formula is C25H33N9O. The number of aromatic nitrogens is 4. The summed E-state index contributed by atoms with van der Waals surface area (Å²) in [5.41, 5.74) is 0.862. The van der Waals surface area contributed by atoms with Gasteiger partial charge in [-0.05, 0) is 51.9 Å². The van der Waals surface area contributed by atoms with Gasteiger partial charge in [0.05, 0.1) is 5.54 Å². The molecule has 0 aromatic carbocycles. The molecule has 3 fully saturated rings. The molecule has 10 heteroatoms. The van der Waals surface area contributed by atoms with Crippen molar-refractivity contribution in [3.63, 3.8) is 0 Å². The zero-order valence-electron chi connectivity index (χ0n) is 20.4. The SMILES string of the molecule is CN(C)C1CCN(c2ccc(Nc3ncc4c(n3)N3C(C=C4)C(=O)NCC34CCCC4)nn2)CC1. The number of hydrogen-bond donors (Lipinski definition) is 2. The van der Waals surface area contributed by atoms with Gasteiger partial charge in [-0.3, -0.25) is 4.79 Å². The van der Waals surface area contributed by atoms with Crippen LogP contribution < -0.4 is 20.4 Å². The lowest BCUT2D eigenvalue weighted by Crippen LogP contribution is -2.67. The Balaban J connectivity index is 1.20. The maximum atomic E-state index is 12.7. The standard InChI is InChI=1S/C25H33N9O/c1-32(2)18-9-13-33(14-10-18)21-8-7-20(30-31-21)28-24-26-15-17-5-6-19-23(35)27-16-25(11-3-4-12-25)34(19)22(17)29-24/h5-8,15,18-19H,3-4,9-14,16H2,1-2H3,(H,27,35)(H,26,28,29,30). The first-order valence-corrected chi connectivity index (χ1v) is 12.7. The summed E-state index contributed by atoms with van der Waals surface area (Å²) in [6.45, 7) is 2.64. The van der Waals surface area contributed by atoms with E-state index in [1.54, 1.807) is 0 Å². The van der Waals surface area contributed by atoms with Gasteiger partial charge in [0, 0.05) is 37.4 Å². The van der Waals surface area contributed by atoms with Crippen LogP contribution in [0.2, 0.25) is 0 Å². The molecule has 1 spiro atoms. The van der Waals surface area contributed by atoms with E-state index >= 15 is 0 Å². The number of carbonyl (C=O) groups is 1. The van der Waals surface area contributed by atoms with Gasteiger partial charge >= 0.3 is 0 Å². The summed E-state index contributed by atoms with van der Waals surface area (Å²) in [6, 6.07) is 4.24. The lowest BCUT2D eigenvalue weighted by atomic mass is 9.87. The summed E-state index contributed by atoms with van der Waals surface area (Å²) in [6.07, 6.45) is 12.5. The fourth-order valence-corrected chi connectivity index (χ4v) is 6.07. The first-order valence-electron chi connectivity index (χ1n) is 12.7. The first kappa shape index (κ1) is 22.2. The second-order valence-electron chi connectivity index (χ2n) is 10.4. The molecule has 10 nitrogen and oxygen atoms in total. The van der Waals surface area contributed by atoms with Crippen molar-refractivity contribution in [3.8, 4) is 0 Å². The van der Waals surface area contributed by atoms with E-state index in [-0.39, 0.29) is 17.5 Å². The van der Waals surface area contributed by atoms with Crippen LogP contribution in [-0.4, -0.2) is 82.3 Å². The van der Waals surface area contributed by atoms with E-state index in [9.17, 15) is 4.79 Å². The van der Waals surface area contributed by atoms with Gasteiger partial charge in [0.15, 0.2) is 11.6 Å². The van der Waals surface area contributed by atoms with Crippen LogP contribution in [0.5, 0.6) is 0 Å². The molecule has 3 aliphatic heterocycles. The van der Waals surface area contributed by atoms with Gasteiger partial charge < -0.3 is 25.3 Å². The molecule has 2 saturated heterocycles. The Labute approximate surface area is 205 Å². The zero-order chi connectivity index (χ0) is 24.0. The van der Waals surface area contributed by atoms with E-state index in [1.807, 2.05) is 30.5 Å². The van der Waals surface area contributed by atoms with Crippen molar-refractivity contribution in [2.75, 3.05) is 48.8 Å². The second-order valence-corrected chi connectivity index (χ2v) is 10.4. The maximum Gasteiger partial charge on any atom is 0.246 e. The molecule has 2 aromatic heterocycles. The van der Waals surface area contributed by atoms with Crippen molar-refractivity contribution in [2.45, 2.75) is 56.1 Å². The number of rotatable bonds is 4. The Hall–Kier alpha value is -3.27. The van der Waals surface area contributed by atoms with Crippen LogP contribution in [0.25, 0.3) is 6.08 Å². The van der Waals surface area contributed by atoms with Crippen molar-refractivity contribution in [3.05, 3.63) is 30.0 Å². The zero-order valence-corrected chi connectivity index (χ0v) is 20.4. The van der Waals surface area contributed by atoms with Crippen LogP contribution in [0.4, 0.5) is 23.4 Å². The highest BCUT2D eigenvalue weighted by Crippen LogP contribution is 2.43. The highest BCUT2D eigenvalue weighted by molar-refractivity contribution is 5.93. The van der Waals surface area contributed by atoms with Crippen molar-refractivity contribution >= 4 is 35.4 Å². The average Bonchev–Trinajstić information content (AvgIpc) is 3.36. The minimum Gasteiger partial charge on any atom is -0.355 e. The first-order chi connectivity index (χ1) is 17.0. The lowest BCUT2D eigenvalue weighted by Gasteiger charge is -2.50. The van der Waals surface area contributed by atoms with E-state index < -0.39 is 0 Å². The number of nitrogens with one attached hydrogen (secondary N) is 2. The smallest absolute Gasteiger partial charge is 0.246 e. The summed E-state index contributed by atoms with van der Waals surface area (Å²) >= 11 is 0. The number of piperidine rings is 1. The molecule has 0 radical (unpaired) electrons. The molecule has 1 amide bonds. The molecule has 1 unspecified atom stereocenters. The van der Waals surface area contributed by atoms with E-state index in [2.05, 4.69) is 54.6 Å². The third kappa shape index (κ3) is 3.99. The number of amides is 1. The average molecular weight is 476 g/mol. The topological polar surface area (TPSA) is 102 Å². The lowest BCUT2D eigenvalue weighted by molar-refractivity contribution is -0.123. The monoisotopic (exact) mass is 475 g/mol. The van der Waals surface area contributed by atoms with E-state index in [0.717, 1.165) is 56.0 Å². The fraction of sp³-hybridized carbons (Fsp3) is 0.560. The Morgan fingerprint density at radius 2 is 1.94 bits per heavy atom. The van der Waals surface area contributed by atoms with E-state index in [4.69, 9.17) is 4.98 Å². The van der Waals surface area contributed by atoms with Gasteiger partial charge in [0.1, 0.15) is 11.9 Å². The quantitative estimate of drug-likeness (QED) is 0.689. The Bertz CT molecular complexity index is 1120. The Morgan fingerprint density at radius 1 is 1.14 bits per heavy atom. The Kier molecular flexibility index (Phi) is 5.55. The molecule has 6 rings (SSSR count). The number of piperazine rings is 1. The number of fused-ring (bicyclic) bond motifs is 4. The van der Waals surface area contributed by atoms with Crippen LogP contribution >= 0.6 is 0 Å². The number of hydrogen-bond acceptors (Lipinski definition) is 9. The largest absolute Gasteiger partial charge is 0.355 e. The summed E-state index contributed by atoms with van der Waals surface area (Å²) in [5, 5.41) is 15.2. The van der Waals surface area contributed by atoms with E-state index in [0.29, 0.717) is 24.4 Å². The molecular weight excluding hydrogens is 442 g/mol. The van der Waals surface area contributed by atoms with E-state index in [1.165, 1.54) is 12.8 Å². The molecule has 1 atom stereocenters. The van der Waals surface area contributed by atoms with Crippen LogP contribution in [0.1, 0.15) is 44.1 Å². The number of carbonyl (C=O) groups excluding carboxylic acids is 1. The molecule has 4 aliphatic rings. The van der Waals surface area contributed by atoms with Crippen LogP contribution in [0.3, 0.4) is 0 Å². The summed E-state index contributed by atoms with van der Waals surface area (Å²) in [4.78, 5) is 28.9. The molecule has 1 saturated carbocycles. The molecule has 2 aromatic rings. The minimum absolute atomic E-state index is 0.0358. The Morgan fingerprint density at radius 3 is 2.66 bits per heavy atom. The third-order valence-corrected chi connectivity index (χ3v) is 8.08. The highest BCUT2D eigenvalue weighted by Gasteiger charge is 2.50. The minimum atomic E-state index is -0.326. The molecule has 1 aliphatic carbocycles. The molecule has 35 heavy (non-hydrogen) atoms. The van der Waals surface area contributed by atoms with Gasteiger partial charge in [-0.25, -0.2) is 4.98 Å². The van der Waals surface area contributed by atoms with Crippen LogP contribution in [0.15, 0.2) is 24.4 Å². The number of anilines is 4. The van der Waals surface area contributed by atoms with Crippen molar-refractivity contribution in [1.29, 1.82) is 0 Å². The normalized spacial score (nSPS) is 23.4. The van der Waals surface area contributed by atoms with Gasteiger partial charge in [-0.1, -0.05) is 25.0 Å². The number of nitrogens with zero attached hydrogens (tertiary/aromatic N) is 7. The van der Waals surface area contributed by atoms with Gasteiger partial charge in [0.25, 0.3) is 0 Å². The summed E-state index contributed by atoms with van der Waals surface area (Å²) in [5.74, 6) is 2.82. The van der Waals surface area contributed by atoms with Crippen molar-refractivity contribution in [2.24, 2.45) is 0 Å². The molecule has 2 N–H and O–H groups in total. The highest BCUT2D eigenvalue weighted by atomic mass is 16.2. The van der Waals surface area contributed by atoms with Crippen LogP contribution in [0, 0.1) is 0 Å².